The van der Waals surface area contributed by atoms with Crippen LogP contribution in [0.3, 0.4) is 0 Å². The highest BCUT2D eigenvalue weighted by atomic mass is 32.1. The molecule has 0 amide bonds. The van der Waals surface area contributed by atoms with Gasteiger partial charge in [-0.3, -0.25) is 0 Å². The molecule has 2 rings (SSSR count). The molecule has 0 aliphatic heterocycles. The lowest BCUT2D eigenvalue weighted by Crippen LogP contribution is -1.95. The van der Waals surface area contributed by atoms with Gasteiger partial charge in [-0.15, -0.1) is 11.3 Å². The Hall–Kier alpha value is -1.29. The van der Waals surface area contributed by atoms with Crippen LogP contribution in [0.15, 0.2) is 17.6 Å². The Morgan fingerprint density at radius 1 is 1.50 bits per heavy atom. The molecule has 0 unspecified atom stereocenters. The number of aromatic nitrogens is 1. The van der Waals surface area contributed by atoms with E-state index in [9.17, 15) is 0 Å². The van der Waals surface area contributed by atoms with E-state index in [1.165, 1.54) is 0 Å². The number of nitrogen functional groups attached to an aromatic ring is 1. The average Bonchev–Trinajstić information content (AvgIpc) is 2.53. The van der Waals surface area contributed by atoms with Gasteiger partial charge in [0.1, 0.15) is 5.52 Å². The molecule has 0 saturated heterocycles. The summed E-state index contributed by atoms with van der Waals surface area (Å²) in [5.41, 5.74) is 10.2. The van der Waals surface area contributed by atoms with Crippen molar-refractivity contribution in [3.05, 3.63) is 17.6 Å². The monoisotopic (exact) mass is 179 g/mol. The van der Waals surface area contributed by atoms with Crippen LogP contribution in [0.2, 0.25) is 0 Å². The number of nitrogens with zero attached hydrogens (tertiary/aromatic N) is 1. The number of fused-ring (bicyclic) bond motifs is 1. The molecule has 12 heavy (non-hydrogen) atoms. The fourth-order valence-electron chi connectivity index (χ4n) is 1.17. The lowest BCUT2D eigenvalue weighted by molar-refractivity contribution is 1.47. The molecule has 62 valence electrons. The highest BCUT2D eigenvalue weighted by Gasteiger charge is 2.04. The molecule has 0 aliphatic carbocycles. The van der Waals surface area contributed by atoms with E-state index >= 15 is 0 Å². The molecule has 0 spiro atoms. The van der Waals surface area contributed by atoms with Gasteiger partial charge in [0, 0.05) is 7.05 Å². The molecule has 1 heterocycles. The largest absolute Gasteiger partial charge is 0.395 e. The molecular formula is C8H9N3S. The number of benzene rings is 1. The van der Waals surface area contributed by atoms with Crippen LogP contribution < -0.4 is 11.1 Å². The molecule has 0 saturated carbocycles. The van der Waals surface area contributed by atoms with Crippen LogP contribution in [0.25, 0.3) is 10.2 Å². The van der Waals surface area contributed by atoms with Gasteiger partial charge < -0.3 is 11.1 Å². The van der Waals surface area contributed by atoms with Gasteiger partial charge in [0.2, 0.25) is 0 Å². The summed E-state index contributed by atoms with van der Waals surface area (Å²) in [7, 11) is 1.85. The van der Waals surface area contributed by atoms with E-state index < -0.39 is 0 Å². The van der Waals surface area contributed by atoms with Gasteiger partial charge in [-0.1, -0.05) is 0 Å². The van der Waals surface area contributed by atoms with E-state index in [-0.39, 0.29) is 0 Å². The molecule has 2 aromatic rings. The lowest BCUT2D eigenvalue weighted by Gasteiger charge is -2.03. The molecule has 4 heteroatoms. The van der Waals surface area contributed by atoms with Crippen molar-refractivity contribution in [2.45, 2.75) is 0 Å². The van der Waals surface area contributed by atoms with E-state index in [4.69, 9.17) is 5.73 Å². The Bertz CT molecular complexity index is 408. The summed E-state index contributed by atoms with van der Waals surface area (Å²) in [6.07, 6.45) is 0. The van der Waals surface area contributed by atoms with E-state index in [0.717, 1.165) is 21.6 Å². The highest BCUT2D eigenvalue weighted by molar-refractivity contribution is 7.16. The van der Waals surface area contributed by atoms with Crippen molar-refractivity contribution >= 4 is 32.9 Å². The first kappa shape index (κ1) is 7.36. The fraction of sp³-hybridized carbons (Fsp3) is 0.125. The standard InChI is InChI=1S/C8H9N3S/c1-10-5-2-3-6-8(7(5)9)11-4-12-6/h2-4,10H,9H2,1H3. The molecule has 0 radical (unpaired) electrons. The maximum Gasteiger partial charge on any atom is 0.106 e. The number of anilines is 2. The Morgan fingerprint density at radius 3 is 3.08 bits per heavy atom. The van der Waals surface area contributed by atoms with Gasteiger partial charge in [-0.05, 0) is 12.1 Å². The third-order valence-electron chi connectivity index (χ3n) is 1.81. The quantitative estimate of drug-likeness (QED) is 0.657. The second-order valence-corrected chi connectivity index (χ2v) is 3.36. The second kappa shape index (κ2) is 2.64. The zero-order valence-corrected chi connectivity index (χ0v) is 7.48. The first-order chi connectivity index (χ1) is 5.83. The van der Waals surface area contributed by atoms with Crippen molar-refractivity contribution in [1.82, 2.24) is 4.98 Å². The van der Waals surface area contributed by atoms with Crippen molar-refractivity contribution in [1.29, 1.82) is 0 Å². The van der Waals surface area contributed by atoms with Crippen molar-refractivity contribution in [3.8, 4) is 0 Å². The van der Waals surface area contributed by atoms with Crippen LogP contribution in [0.5, 0.6) is 0 Å². The zero-order chi connectivity index (χ0) is 8.55. The molecule has 3 N–H and O–H groups in total. The average molecular weight is 179 g/mol. The van der Waals surface area contributed by atoms with Crippen molar-refractivity contribution in [3.63, 3.8) is 0 Å². The summed E-state index contributed by atoms with van der Waals surface area (Å²) >= 11 is 1.60. The molecule has 0 atom stereocenters. The summed E-state index contributed by atoms with van der Waals surface area (Å²) < 4.78 is 1.13. The normalized spacial score (nSPS) is 10.4. The number of nitrogens with one attached hydrogen (secondary N) is 1. The topological polar surface area (TPSA) is 50.9 Å². The molecule has 1 aromatic heterocycles. The number of rotatable bonds is 1. The molecule has 3 nitrogen and oxygen atoms in total. The van der Waals surface area contributed by atoms with Crippen LogP contribution in [-0.2, 0) is 0 Å². The van der Waals surface area contributed by atoms with E-state index in [1.54, 1.807) is 16.8 Å². The minimum Gasteiger partial charge on any atom is -0.395 e. The van der Waals surface area contributed by atoms with Crippen LogP contribution >= 0.6 is 11.3 Å². The minimum absolute atomic E-state index is 0.733. The van der Waals surface area contributed by atoms with Crippen LogP contribution in [0.4, 0.5) is 11.4 Å². The van der Waals surface area contributed by atoms with Crippen LogP contribution in [0, 0.1) is 0 Å². The molecular weight excluding hydrogens is 170 g/mol. The number of hydrogen-bond acceptors (Lipinski definition) is 4. The van der Waals surface area contributed by atoms with Gasteiger partial charge in [0.25, 0.3) is 0 Å². The number of hydrogen-bond donors (Lipinski definition) is 2. The summed E-state index contributed by atoms with van der Waals surface area (Å²) in [5, 5.41) is 3.02. The lowest BCUT2D eigenvalue weighted by atomic mass is 10.2. The van der Waals surface area contributed by atoms with E-state index in [0.29, 0.717) is 0 Å². The van der Waals surface area contributed by atoms with Gasteiger partial charge in [-0.2, -0.15) is 0 Å². The fourth-order valence-corrected chi connectivity index (χ4v) is 1.86. The second-order valence-electron chi connectivity index (χ2n) is 2.48. The smallest absolute Gasteiger partial charge is 0.106 e. The predicted molar refractivity (Wildman–Crippen MR) is 53.6 cm³/mol. The van der Waals surface area contributed by atoms with Crippen molar-refractivity contribution < 1.29 is 0 Å². The third-order valence-corrected chi connectivity index (χ3v) is 2.61. The third kappa shape index (κ3) is 0.921. The minimum atomic E-state index is 0.733. The summed E-state index contributed by atoms with van der Waals surface area (Å²) in [4.78, 5) is 4.18. The van der Waals surface area contributed by atoms with Crippen LogP contribution in [-0.4, -0.2) is 12.0 Å². The Kier molecular flexibility index (Phi) is 1.62. The van der Waals surface area contributed by atoms with Gasteiger partial charge in [0.15, 0.2) is 0 Å². The molecule has 1 aromatic carbocycles. The maximum absolute atomic E-state index is 5.86. The van der Waals surface area contributed by atoms with E-state index in [2.05, 4.69) is 10.3 Å². The highest BCUT2D eigenvalue weighted by Crippen LogP contribution is 2.29. The van der Waals surface area contributed by atoms with Crippen LogP contribution in [0.1, 0.15) is 0 Å². The first-order valence-corrected chi connectivity index (χ1v) is 4.50. The van der Waals surface area contributed by atoms with Crippen molar-refractivity contribution in [2.75, 3.05) is 18.1 Å². The SMILES string of the molecule is CNc1ccc2scnc2c1N. The summed E-state index contributed by atoms with van der Waals surface area (Å²) in [5.74, 6) is 0. The Balaban J connectivity index is 2.78. The maximum atomic E-state index is 5.86. The summed E-state index contributed by atoms with van der Waals surface area (Å²) in [6, 6.07) is 3.99. The number of thiazole rings is 1. The Morgan fingerprint density at radius 2 is 2.33 bits per heavy atom. The first-order valence-electron chi connectivity index (χ1n) is 3.62. The zero-order valence-electron chi connectivity index (χ0n) is 6.66. The molecule has 0 bridgehead atoms. The summed E-state index contributed by atoms with van der Waals surface area (Å²) in [6.45, 7) is 0. The molecule has 0 aliphatic rings. The number of nitrogens with two attached hydrogens (primary N) is 1. The van der Waals surface area contributed by atoms with Crippen molar-refractivity contribution in [2.24, 2.45) is 0 Å². The van der Waals surface area contributed by atoms with E-state index in [1.807, 2.05) is 19.2 Å². The van der Waals surface area contributed by atoms with Gasteiger partial charge in [0.05, 0.1) is 21.6 Å². The Labute approximate surface area is 74.2 Å². The van der Waals surface area contributed by atoms with Gasteiger partial charge in [-0.25, -0.2) is 4.98 Å². The van der Waals surface area contributed by atoms with Gasteiger partial charge >= 0.3 is 0 Å². The predicted octanol–water partition coefficient (Wildman–Crippen LogP) is 1.92. The molecule has 0 fully saturated rings.